The second-order valence-corrected chi connectivity index (χ2v) is 9.64. The number of rotatable bonds is 7. The van der Waals surface area contributed by atoms with Gasteiger partial charge in [-0.05, 0) is 73.5 Å². The summed E-state index contributed by atoms with van der Waals surface area (Å²) in [4.78, 5) is 17.5. The molecule has 0 aliphatic heterocycles. The molecule has 3 aromatic carbocycles. The van der Waals surface area contributed by atoms with Gasteiger partial charge in [0.25, 0.3) is 0 Å². The lowest BCUT2D eigenvalue weighted by atomic mass is 9.99. The number of nitrogens with one attached hydrogen (secondary N) is 1. The predicted octanol–water partition coefficient (Wildman–Crippen LogP) is 7.30. The maximum atomic E-state index is 12.8. The van der Waals surface area contributed by atoms with Crippen LogP contribution in [-0.2, 0) is 4.79 Å². The molecule has 0 spiro atoms. The van der Waals surface area contributed by atoms with Crippen molar-refractivity contribution in [2.24, 2.45) is 0 Å². The molecular weight excluding hydrogens is 490 g/mol. The average molecular weight is 514 g/mol. The Kier molecular flexibility index (Phi) is 7.94. The lowest BCUT2D eigenvalue weighted by Crippen LogP contribution is -2.15. The molecule has 0 saturated carbocycles. The normalized spacial score (nSPS) is 10.5. The molecule has 1 amide bonds. The van der Waals surface area contributed by atoms with Crippen molar-refractivity contribution in [2.75, 3.05) is 18.2 Å². The van der Waals surface area contributed by atoms with Gasteiger partial charge in [0.15, 0.2) is 0 Å². The van der Waals surface area contributed by atoms with E-state index in [0.29, 0.717) is 21.3 Å². The van der Waals surface area contributed by atoms with Crippen LogP contribution in [0, 0.1) is 25.2 Å². The number of nitriles is 1. The lowest BCUT2D eigenvalue weighted by molar-refractivity contribution is -0.113. The van der Waals surface area contributed by atoms with Gasteiger partial charge in [0.2, 0.25) is 5.91 Å². The molecular formula is C29H24ClN3O2S. The highest BCUT2D eigenvalue weighted by molar-refractivity contribution is 8.00. The van der Waals surface area contributed by atoms with Crippen LogP contribution in [0.3, 0.4) is 0 Å². The third-order valence-corrected chi connectivity index (χ3v) is 6.86. The Morgan fingerprint density at radius 3 is 2.36 bits per heavy atom. The number of aromatic nitrogens is 1. The van der Waals surface area contributed by atoms with E-state index in [-0.39, 0.29) is 11.7 Å². The summed E-state index contributed by atoms with van der Waals surface area (Å²) in [5.74, 6) is 0.685. The maximum absolute atomic E-state index is 12.8. The molecule has 180 valence electrons. The molecule has 1 N–H and O–H groups in total. The number of aryl methyl sites for hydroxylation is 2. The van der Waals surface area contributed by atoms with Gasteiger partial charge < -0.3 is 10.1 Å². The number of anilines is 1. The SMILES string of the molecule is COc1ccc(-c2cc(-c3ccc(Cl)cc3)c(C#N)c(SCC(=O)Nc3ccc(C)cc3C)n2)cc1. The molecule has 0 bridgehead atoms. The number of benzene rings is 3. The first-order valence-corrected chi connectivity index (χ1v) is 12.6. The van der Waals surface area contributed by atoms with Gasteiger partial charge in [0, 0.05) is 21.8 Å². The van der Waals surface area contributed by atoms with Crippen LogP contribution in [0.2, 0.25) is 5.02 Å². The summed E-state index contributed by atoms with van der Waals surface area (Å²) in [7, 11) is 1.62. The Balaban J connectivity index is 1.69. The van der Waals surface area contributed by atoms with Crippen LogP contribution in [-0.4, -0.2) is 23.8 Å². The molecule has 5 nitrogen and oxygen atoms in total. The van der Waals surface area contributed by atoms with Crippen LogP contribution < -0.4 is 10.1 Å². The first-order valence-electron chi connectivity index (χ1n) is 11.2. The number of carbonyl (C=O) groups excluding carboxylic acids is 1. The molecule has 1 heterocycles. The molecule has 0 aliphatic carbocycles. The van der Waals surface area contributed by atoms with Crippen molar-refractivity contribution in [3.8, 4) is 34.2 Å². The van der Waals surface area contributed by atoms with Gasteiger partial charge in [-0.1, -0.05) is 53.2 Å². The van der Waals surface area contributed by atoms with Gasteiger partial charge >= 0.3 is 0 Å². The Morgan fingerprint density at radius 2 is 1.72 bits per heavy atom. The van der Waals surface area contributed by atoms with Crippen molar-refractivity contribution in [3.63, 3.8) is 0 Å². The summed E-state index contributed by atoms with van der Waals surface area (Å²) in [6, 6.07) is 24.9. The topological polar surface area (TPSA) is 75.0 Å². The van der Waals surface area contributed by atoms with E-state index in [1.807, 2.05) is 74.5 Å². The van der Waals surface area contributed by atoms with Crippen LogP contribution in [0.5, 0.6) is 5.75 Å². The maximum Gasteiger partial charge on any atom is 0.234 e. The highest BCUT2D eigenvalue weighted by Gasteiger charge is 2.17. The quantitative estimate of drug-likeness (QED) is 0.262. The van der Waals surface area contributed by atoms with Gasteiger partial charge in [-0.25, -0.2) is 4.98 Å². The minimum Gasteiger partial charge on any atom is -0.497 e. The number of thioether (sulfide) groups is 1. The van der Waals surface area contributed by atoms with Gasteiger partial charge in [-0.15, -0.1) is 0 Å². The van der Waals surface area contributed by atoms with E-state index in [2.05, 4.69) is 11.4 Å². The average Bonchev–Trinajstić information content (AvgIpc) is 2.89. The minimum absolute atomic E-state index is 0.112. The van der Waals surface area contributed by atoms with E-state index in [9.17, 15) is 10.1 Å². The van der Waals surface area contributed by atoms with Gasteiger partial charge in [0.1, 0.15) is 16.8 Å². The summed E-state index contributed by atoms with van der Waals surface area (Å²) in [6.07, 6.45) is 0. The van der Waals surface area contributed by atoms with Crippen molar-refractivity contribution < 1.29 is 9.53 Å². The highest BCUT2D eigenvalue weighted by atomic mass is 35.5. The zero-order valence-corrected chi connectivity index (χ0v) is 21.7. The van der Waals surface area contributed by atoms with Gasteiger partial charge in [-0.2, -0.15) is 5.26 Å². The molecule has 4 rings (SSSR count). The number of hydrogen-bond donors (Lipinski definition) is 1. The first kappa shape index (κ1) is 25.3. The summed E-state index contributed by atoms with van der Waals surface area (Å²) in [5, 5.41) is 14.1. The molecule has 0 fully saturated rings. The second-order valence-electron chi connectivity index (χ2n) is 8.24. The monoisotopic (exact) mass is 513 g/mol. The van der Waals surface area contributed by atoms with Crippen LogP contribution in [0.15, 0.2) is 77.8 Å². The summed E-state index contributed by atoms with van der Waals surface area (Å²) in [5.41, 5.74) is 6.45. The van der Waals surface area contributed by atoms with Gasteiger partial charge in [-0.3, -0.25) is 4.79 Å². The van der Waals surface area contributed by atoms with Crippen molar-refractivity contribution >= 4 is 35.0 Å². The zero-order valence-electron chi connectivity index (χ0n) is 20.1. The first-order chi connectivity index (χ1) is 17.4. The Labute approximate surface area is 220 Å². The number of carbonyl (C=O) groups is 1. The Hall–Kier alpha value is -3.79. The third-order valence-electron chi connectivity index (χ3n) is 5.64. The second kappa shape index (κ2) is 11.3. The largest absolute Gasteiger partial charge is 0.497 e. The van der Waals surface area contributed by atoms with E-state index < -0.39 is 0 Å². The minimum atomic E-state index is -0.166. The van der Waals surface area contributed by atoms with Crippen LogP contribution in [0.25, 0.3) is 22.4 Å². The fraction of sp³-hybridized carbons (Fsp3) is 0.138. The number of halogens is 1. The summed E-state index contributed by atoms with van der Waals surface area (Å²) in [6.45, 7) is 3.97. The summed E-state index contributed by atoms with van der Waals surface area (Å²) >= 11 is 7.33. The van der Waals surface area contributed by atoms with Crippen LogP contribution in [0.4, 0.5) is 5.69 Å². The fourth-order valence-electron chi connectivity index (χ4n) is 3.77. The highest BCUT2D eigenvalue weighted by Crippen LogP contribution is 2.35. The number of nitrogens with zero attached hydrogens (tertiary/aromatic N) is 2. The molecule has 0 saturated heterocycles. The van der Waals surface area contributed by atoms with E-state index in [1.165, 1.54) is 11.8 Å². The number of methoxy groups -OCH3 is 1. The zero-order chi connectivity index (χ0) is 25.7. The van der Waals surface area contributed by atoms with E-state index >= 15 is 0 Å². The lowest BCUT2D eigenvalue weighted by Gasteiger charge is -2.13. The van der Waals surface area contributed by atoms with Crippen molar-refractivity contribution in [1.29, 1.82) is 5.26 Å². The molecule has 1 aromatic heterocycles. The molecule has 0 radical (unpaired) electrons. The molecule has 0 aliphatic rings. The Bertz CT molecular complexity index is 1450. The predicted molar refractivity (Wildman–Crippen MR) is 147 cm³/mol. The van der Waals surface area contributed by atoms with Gasteiger partial charge in [0.05, 0.1) is 24.1 Å². The van der Waals surface area contributed by atoms with Crippen LogP contribution in [0.1, 0.15) is 16.7 Å². The number of amides is 1. The third kappa shape index (κ3) is 5.88. The molecule has 0 unspecified atom stereocenters. The molecule has 36 heavy (non-hydrogen) atoms. The molecule has 7 heteroatoms. The van der Waals surface area contributed by atoms with Crippen molar-refractivity contribution in [1.82, 2.24) is 4.98 Å². The summed E-state index contributed by atoms with van der Waals surface area (Å²) < 4.78 is 5.27. The number of hydrogen-bond acceptors (Lipinski definition) is 5. The van der Waals surface area contributed by atoms with E-state index in [1.54, 1.807) is 19.2 Å². The molecule has 0 atom stereocenters. The Morgan fingerprint density at radius 1 is 1.03 bits per heavy atom. The molecule has 4 aromatic rings. The smallest absolute Gasteiger partial charge is 0.234 e. The standard InChI is InChI=1S/C29H24ClN3O2S/c1-18-4-13-26(19(2)14-18)32-28(34)17-36-29-25(16-31)24(20-5-9-22(30)10-6-20)15-27(33-29)21-7-11-23(35-3)12-8-21/h4-15H,17H2,1-3H3,(H,32,34). The van der Waals surface area contributed by atoms with E-state index in [4.69, 9.17) is 21.3 Å². The number of ether oxygens (including phenoxy) is 1. The van der Waals surface area contributed by atoms with E-state index in [0.717, 1.165) is 39.3 Å². The van der Waals surface area contributed by atoms with Crippen molar-refractivity contribution in [2.45, 2.75) is 18.9 Å². The number of pyridine rings is 1. The van der Waals surface area contributed by atoms with Crippen molar-refractivity contribution in [3.05, 3.63) is 94.5 Å². The fourth-order valence-corrected chi connectivity index (χ4v) is 4.70. The van der Waals surface area contributed by atoms with Crippen LogP contribution >= 0.6 is 23.4 Å².